The van der Waals surface area contributed by atoms with E-state index in [1.807, 2.05) is 6.20 Å². The first-order valence-corrected chi connectivity index (χ1v) is 8.10. The molecule has 112 valence electrons. The van der Waals surface area contributed by atoms with Gasteiger partial charge in [-0.3, -0.25) is 0 Å². The molecule has 1 aromatic heterocycles. The lowest BCUT2D eigenvalue weighted by Crippen LogP contribution is -2.48. The molecule has 3 unspecified atom stereocenters. The van der Waals surface area contributed by atoms with Crippen molar-refractivity contribution in [3.63, 3.8) is 0 Å². The molecular formula is C16H28N4. The predicted molar refractivity (Wildman–Crippen MR) is 81.7 cm³/mol. The van der Waals surface area contributed by atoms with Gasteiger partial charge in [-0.2, -0.15) is 0 Å². The van der Waals surface area contributed by atoms with Crippen molar-refractivity contribution in [1.82, 2.24) is 19.8 Å². The molecular weight excluding hydrogens is 248 g/mol. The van der Waals surface area contributed by atoms with Gasteiger partial charge in [0.15, 0.2) is 0 Å². The first kappa shape index (κ1) is 14.1. The average Bonchev–Trinajstić information content (AvgIpc) is 2.89. The number of rotatable bonds is 5. The summed E-state index contributed by atoms with van der Waals surface area (Å²) in [6.45, 7) is 3.27. The van der Waals surface area contributed by atoms with E-state index in [2.05, 4.69) is 47.0 Å². The van der Waals surface area contributed by atoms with E-state index in [-0.39, 0.29) is 0 Å². The maximum absolute atomic E-state index is 4.51. The first-order valence-electron chi connectivity index (χ1n) is 8.10. The molecule has 0 amide bonds. The lowest BCUT2D eigenvalue weighted by Gasteiger charge is -2.40. The molecule has 2 fully saturated rings. The second kappa shape index (κ2) is 5.86. The van der Waals surface area contributed by atoms with Gasteiger partial charge in [-0.1, -0.05) is 6.92 Å². The number of nitrogens with one attached hydrogen (secondary N) is 1. The van der Waals surface area contributed by atoms with Crippen LogP contribution in [0.25, 0.3) is 0 Å². The highest BCUT2D eigenvalue weighted by molar-refractivity contribution is 5.01. The van der Waals surface area contributed by atoms with Gasteiger partial charge < -0.3 is 14.8 Å². The maximum Gasteiger partial charge on any atom is 0.109 e. The Morgan fingerprint density at radius 2 is 2.00 bits per heavy atom. The molecule has 20 heavy (non-hydrogen) atoms. The molecule has 4 nitrogen and oxygen atoms in total. The van der Waals surface area contributed by atoms with Crippen LogP contribution in [0.5, 0.6) is 0 Å². The van der Waals surface area contributed by atoms with Crippen LogP contribution in [-0.2, 0) is 13.5 Å². The lowest BCUT2D eigenvalue weighted by molar-refractivity contribution is 0.112. The monoisotopic (exact) mass is 276 g/mol. The van der Waals surface area contributed by atoms with Crippen LogP contribution in [0.4, 0.5) is 0 Å². The van der Waals surface area contributed by atoms with E-state index in [0.717, 1.165) is 31.0 Å². The fourth-order valence-electron chi connectivity index (χ4n) is 4.24. The van der Waals surface area contributed by atoms with Crippen molar-refractivity contribution in [2.24, 2.45) is 13.0 Å². The molecule has 2 aliphatic rings. The van der Waals surface area contributed by atoms with Gasteiger partial charge in [-0.05, 0) is 45.2 Å². The zero-order valence-electron chi connectivity index (χ0n) is 13.0. The van der Waals surface area contributed by atoms with Crippen molar-refractivity contribution in [2.75, 3.05) is 13.6 Å². The first-order chi connectivity index (χ1) is 9.69. The minimum atomic E-state index is 0.581. The molecule has 1 N–H and O–H groups in total. The molecule has 3 heterocycles. The standard InChI is InChI=1S/C16H28N4/c1-4-17-15(11-16-18-7-8-19(16)2)12-9-13-5-6-14(10-12)20(13)3/h7-8,12-15,17H,4-6,9-11H2,1-3H3. The van der Waals surface area contributed by atoms with Crippen molar-refractivity contribution in [1.29, 1.82) is 0 Å². The fraction of sp³-hybridized carbons (Fsp3) is 0.812. The summed E-state index contributed by atoms with van der Waals surface area (Å²) in [6.07, 6.45) is 10.5. The smallest absolute Gasteiger partial charge is 0.109 e. The van der Waals surface area contributed by atoms with Crippen molar-refractivity contribution >= 4 is 0 Å². The Balaban J connectivity index is 1.69. The van der Waals surface area contributed by atoms with Crippen molar-refractivity contribution < 1.29 is 0 Å². The SMILES string of the molecule is CCNC(Cc1nccn1C)C1CC2CCC(C1)N2C. The lowest BCUT2D eigenvalue weighted by atomic mass is 9.83. The molecule has 0 aliphatic carbocycles. The van der Waals surface area contributed by atoms with E-state index in [9.17, 15) is 0 Å². The summed E-state index contributed by atoms with van der Waals surface area (Å²) in [5.74, 6) is 2.02. The summed E-state index contributed by atoms with van der Waals surface area (Å²) in [5, 5.41) is 3.73. The summed E-state index contributed by atoms with van der Waals surface area (Å²) in [7, 11) is 4.42. The van der Waals surface area contributed by atoms with Crippen LogP contribution in [-0.4, -0.2) is 46.2 Å². The van der Waals surface area contributed by atoms with E-state index in [1.165, 1.54) is 31.5 Å². The molecule has 2 bridgehead atoms. The molecule has 4 heteroatoms. The normalized spacial score (nSPS) is 31.6. The number of aryl methyl sites for hydroxylation is 1. The number of aromatic nitrogens is 2. The third kappa shape index (κ3) is 2.63. The number of piperidine rings is 1. The van der Waals surface area contributed by atoms with Crippen molar-refractivity contribution in [2.45, 2.75) is 57.2 Å². The molecule has 0 radical (unpaired) electrons. The van der Waals surface area contributed by atoms with Crippen molar-refractivity contribution in [3.8, 4) is 0 Å². The number of hydrogen-bond donors (Lipinski definition) is 1. The van der Waals surface area contributed by atoms with Crippen LogP contribution in [0.1, 0.15) is 38.4 Å². The minimum absolute atomic E-state index is 0.581. The van der Waals surface area contributed by atoms with Crippen molar-refractivity contribution in [3.05, 3.63) is 18.2 Å². The highest BCUT2D eigenvalue weighted by Crippen LogP contribution is 2.39. The molecule has 0 aromatic carbocycles. The van der Waals surface area contributed by atoms with Gasteiger partial charge in [0.2, 0.25) is 0 Å². The largest absolute Gasteiger partial charge is 0.338 e. The van der Waals surface area contributed by atoms with Gasteiger partial charge in [0.05, 0.1) is 0 Å². The molecule has 3 atom stereocenters. The van der Waals surface area contributed by atoms with Gasteiger partial charge in [-0.25, -0.2) is 4.98 Å². The molecule has 0 saturated carbocycles. The number of fused-ring (bicyclic) bond motifs is 2. The van der Waals surface area contributed by atoms with Gasteiger partial charge in [-0.15, -0.1) is 0 Å². The summed E-state index contributed by atoms with van der Waals surface area (Å²) in [6, 6.07) is 2.22. The summed E-state index contributed by atoms with van der Waals surface area (Å²) < 4.78 is 2.16. The highest BCUT2D eigenvalue weighted by Gasteiger charge is 2.40. The van der Waals surface area contributed by atoms with Gasteiger partial charge >= 0.3 is 0 Å². The van der Waals surface area contributed by atoms with Crippen LogP contribution < -0.4 is 5.32 Å². The third-order valence-electron chi connectivity index (χ3n) is 5.49. The predicted octanol–water partition coefficient (Wildman–Crippen LogP) is 1.81. The maximum atomic E-state index is 4.51. The van der Waals surface area contributed by atoms with Gasteiger partial charge in [0.1, 0.15) is 5.82 Å². The van der Waals surface area contributed by atoms with Crippen LogP contribution in [0.2, 0.25) is 0 Å². The quantitative estimate of drug-likeness (QED) is 0.890. The topological polar surface area (TPSA) is 33.1 Å². The highest BCUT2D eigenvalue weighted by atomic mass is 15.2. The molecule has 1 aromatic rings. The molecule has 0 spiro atoms. The Kier molecular flexibility index (Phi) is 4.13. The number of likely N-dealkylation sites (N-methyl/N-ethyl adjacent to an activating group) is 1. The molecule has 3 rings (SSSR count). The van der Waals surface area contributed by atoms with Crippen LogP contribution >= 0.6 is 0 Å². The summed E-state index contributed by atoms with van der Waals surface area (Å²) in [4.78, 5) is 7.14. The van der Waals surface area contributed by atoms with Gasteiger partial charge in [0.25, 0.3) is 0 Å². The van der Waals surface area contributed by atoms with Crippen LogP contribution in [0.3, 0.4) is 0 Å². The summed E-state index contributed by atoms with van der Waals surface area (Å²) in [5.41, 5.74) is 0. The Bertz CT molecular complexity index is 427. The van der Waals surface area contributed by atoms with E-state index in [1.54, 1.807) is 0 Å². The second-order valence-electron chi connectivity index (χ2n) is 6.60. The van der Waals surface area contributed by atoms with E-state index in [4.69, 9.17) is 0 Å². The van der Waals surface area contributed by atoms with E-state index in [0.29, 0.717) is 6.04 Å². The Hall–Kier alpha value is -0.870. The Morgan fingerprint density at radius 1 is 1.30 bits per heavy atom. The van der Waals surface area contributed by atoms with Gasteiger partial charge in [0, 0.05) is 44.0 Å². The molecule has 2 saturated heterocycles. The van der Waals surface area contributed by atoms with Crippen LogP contribution in [0, 0.1) is 5.92 Å². The average molecular weight is 276 g/mol. The molecule has 2 aliphatic heterocycles. The zero-order chi connectivity index (χ0) is 14.1. The second-order valence-corrected chi connectivity index (χ2v) is 6.60. The number of hydrogen-bond acceptors (Lipinski definition) is 3. The van der Waals surface area contributed by atoms with E-state index < -0.39 is 0 Å². The number of imidazole rings is 1. The number of nitrogens with zero attached hydrogens (tertiary/aromatic N) is 3. The Labute approximate surface area is 122 Å². The third-order valence-corrected chi connectivity index (χ3v) is 5.49. The zero-order valence-corrected chi connectivity index (χ0v) is 13.0. The minimum Gasteiger partial charge on any atom is -0.338 e. The summed E-state index contributed by atoms with van der Waals surface area (Å²) >= 11 is 0. The Morgan fingerprint density at radius 3 is 2.55 bits per heavy atom. The fourth-order valence-corrected chi connectivity index (χ4v) is 4.24. The van der Waals surface area contributed by atoms with Crippen LogP contribution in [0.15, 0.2) is 12.4 Å². The van der Waals surface area contributed by atoms with E-state index >= 15 is 0 Å².